The van der Waals surface area contributed by atoms with Gasteiger partial charge in [0.05, 0.1) is 29.6 Å². The normalized spacial score (nSPS) is 15.1. The number of hydrogen-bond acceptors (Lipinski definition) is 4. The second-order valence-electron chi connectivity index (χ2n) is 11.3. The van der Waals surface area contributed by atoms with Crippen LogP contribution >= 0.6 is 0 Å². The lowest BCUT2D eigenvalue weighted by Crippen LogP contribution is -2.39. The van der Waals surface area contributed by atoms with E-state index in [0.717, 1.165) is 51.4 Å². The van der Waals surface area contributed by atoms with Gasteiger partial charge in [-0.15, -0.1) is 0 Å². The van der Waals surface area contributed by atoms with Gasteiger partial charge in [-0.25, -0.2) is 13.6 Å². The molecule has 1 unspecified atom stereocenters. The molecule has 1 atom stereocenters. The van der Waals surface area contributed by atoms with Crippen molar-refractivity contribution in [3.05, 3.63) is 63.7 Å². The fourth-order valence-electron chi connectivity index (χ4n) is 6.17. The van der Waals surface area contributed by atoms with Gasteiger partial charge >= 0.3 is 6.03 Å². The third-order valence-corrected chi connectivity index (χ3v) is 7.62. The van der Waals surface area contributed by atoms with E-state index in [-0.39, 0.29) is 17.7 Å². The average Bonchev–Trinajstić information content (AvgIpc) is 2.86. The molecule has 206 valence electrons. The number of carbonyl (C=O) groups is 1. The number of hydrogen-bond donors (Lipinski definition) is 2. The zero-order chi connectivity index (χ0) is 28.4. The van der Waals surface area contributed by atoms with Crippen LogP contribution in [0.5, 0.6) is 5.75 Å². The topological polar surface area (TPSA) is 76.8 Å². The van der Waals surface area contributed by atoms with Crippen molar-refractivity contribution in [2.24, 2.45) is 5.73 Å². The second kappa shape index (κ2) is 9.52. The van der Waals surface area contributed by atoms with Crippen LogP contribution in [0.4, 0.5) is 25.0 Å². The number of fused-ring (bicyclic) bond motifs is 4. The number of rotatable bonds is 3. The lowest BCUT2D eigenvalue weighted by Gasteiger charge is -2.37. The Hall–Kier alpha value is -3.65. The molecule has 0 aromatic heterocycles. The van der Waals surface area contributed by atoms with E-state index in [2.05, 4.69) is 5.32 Å². The van der Waals surface area contributed by atoms with Crippen LogP contribution in [0.25, 0.3) is 22.3 Å². The van der Waals surface area contributed by atoms with Crippen molar-refractivity contribution in [2.45, 2.75) is 66.7 Å². The molecule has 0 aliphatic carbocycles. The van der Waals surface area contributed by atoms with Gasteiger partial charge in [0, 0.05) is 23.2 Å². The molecule has 2 aliphatic rings. The summed E-state index contributed by atoms with van der Waals surface area (Å²) in [5.41, 5.74) is 12.6. The molecule has 39 heavy (non-hydrogen) atoms. The smallest absolute Gasteiger partial charge is 0.319 e. The van der Waals surface area contributed by atoms with Crippen LogP contribution in [0.3, 0.4) is 0 Å². The van der Waals surface area contributed by atoms with Gasteiger partial charge in [-0.3, -0.25) is 4.90 Å². The number of amides is 2. The molecule has 0 fully saturated rings. The molecule has 5 rings (SSSR count). The maximum absolute atomic E-state index is 15.5. The predicted octanol–water partition coefficient (Wildman–Crippen LogP) is 7.30. The number of nitrogens with zero attached hydrogens (tertiary/aromatic N) is 1. The van der Waals surface area contributed by atoms with Gasteiger partial charge in [0.25, 0.3) is 0 Å². The largest absolute Gasteiger partial charge is 0.490 e. The summed E-state index contributed by atoms with van der Waals surface area (Å²) in [6, 6.07) is 5.43. The number of benzene rings is 3. The van der Waals surface area contributed by atoms with Crippen molar-refractivity contribution in [2.75, 3.05) is 23.4 Å². The number of urea groups is 1. The quantitative estimate of drug-likeness (QED) is 0.369. The molecular formula is C31H35F2N3O3. The maximum atomic E-state index is 15.5. The summed E-state index contributed by atoms with van der Waals surface area (Å²) in [4.78, 5) is 14.1. The summed E-state index contributed by atoms with van der Waals surface area (Å²) in [6.45, 7) is 14.8. The SMILES string of the molecule is Cc1c(-c2c(C)c3c(c(C)c2C(C)OC(C)(C)C)N(C(N)=O)Cc2c(F)ccc(F)c2-3)ccc2c1NCCO2. The molecule has 2 amide bonds. The first-order valence-corrected chi connectivity index (χ1v) is 13.2. The third-order valence-electron chi connectivity index (χ3n) is 7.62. The zero-order valence-electron chi connectivity index (χ0n) is 23.5. The lowest BCUT2D eigenvalue weighted by atomic mass is 9.78. The number of nitrogens with two attached hydrogens (primary N) is 1. The van der Waals surface area contributed by atoms with Crippen LogP contribution in [0.15, 0.2) is 24.3 Å². The molecule has 6 nitrogen and oxygen atoms in total. The number of primary amides is 1. The van der Waals surface area contributed by atoms with Gasteiger partial charge in [0.2, 0.25) is 0 Å². The Labute approximate surface area is 228 Å². The van der Waals surface area contributed by atoms with Gasteiger partial charge < -0.3 is 20.5 Å². The van der Waals surface area contributed by atoms with Crippen LogP contribution in [-0.4, -0.2) is 24.8 Å². The molecule has 0 saturated heterocycles. The highest BCUT2D eigenvalue weighted by atomic mass is 19.1. The van der Waals surface area contributed by atoms with Gasteiger partial charge in [0.15, 0.2) is 0 Å². The Balaban J connectivity index is 1.93. The number of ether oxygens (including phenoxy) is 2. The van der Waals surface area contributed by atoms with Crippen LogP contribution in [-0.2, 0) is 11.3 Å². The molecule has 0 saturated carbocycles. The Bertz CT molecular complexity index is 1510. The van der Waals surface area contributed by atoms with E-state index < -0.39 is 29.4 Å². The minimum absolute atomic E-state index is 0.110. The molecule has 0 radical (unpaired) electrons. The summed E-state index contributed by atoms with van der Waals surface area (Å²) in [6.07, 6.45) is -0.392. The summed E-state index contributed by atoms with van der Waals surface area (Å²) in [5.74, 6) is -0.357. The Morgan fingerprint density at radius 3 is 2.38 bits per heavy atom. The van der Waals surface area contributed by atoms with Gasteiger partial charge in [-0.05, 0) is 100 Å². The summed E-state index contributed by atoms with van der Waals surface area (Å²) in [7, 11) is 0. The van der Waals surface area contributed by atoms with E-state index in [1.54, 1.807) is 0 Å². The minimum Gasteiger partial charge on any atom is -0.490 e. The van der Waals surface area contributed by atoms with Crippen molar-refractivity contribution >= 4 is 17.4 Å². The minimum atomic E-state index is -0.734. The fourth-order valence-corrected chi connectivity index (χ4v) is 6.17. The van der Waals surface area contributed by atoms with E-state index in [9.17, 15) is 4.79 Å². The molecular weight excluding hydrogens is 500 g/mol. The van der Waals surface area contributed by atoms with Gasteiger partial charge in [-0.1, -0.05) is 6.07 Å². The molecule has 3 aromatic rings. The third kappa shape index (κ3) is 4.40. The first-order chi connectivity index (χ1) is 18.3. The molecule has 0 spiro atoms. The summed E-state index contributed by atoms with van der Waals surface area (Å²) in [5, 5.41) is 3.44. The van der Waals surface area contributed by atoms with Crippen LogP contribution in [0, 0.1) is 32.4 Å². The Morgan fingerprint density at radius 1 is 1.03 bits per heavy atom. The molecule has 3 aromatic carbocycles. The van der Waals surface area contributed by atoms with Crippen molar-refractivity contribution < 1.29 is 23.0 Å². The van der Waals surface area contributed by atoms with Gasteiger partial charge in [0.1, 0.15) is 24.0 Å². The highest BCUT2D eigenvalue weighted by molar-refractivity contribution is 6.04. The fraction of sp³-hybridized carbons (Fsp3) is 0.387. The van der Waals surface area contributed by atoms with Crippen molar-refractivity contribution in [3.63, 3.8) is 0 Å². The number of anilines is 2. The maximum Gasteiger partial charge on any atom is 0.319 e. The highest BCUT2D eigenvalue weighted by Gasteiger charge is 2.37. The average molecular weight is 536 g/mol. The van der Waals surface area contributed by atoms with E-state index in [4.69, 9.17) is 15.2 Å². The van der Waals surface area contributed by atoms with Crippen LogP contribution in [0.1, 0.15) is 61.6 Å². The Morgan fingerprint density at radius 2 is 1.72 bits per heavy atom. The molecule has 3 N–H and O–H groups in total. The number of carbonyl (C=O) groups excluding carboxylic acids is 1. The lowest BCUT2D eigenvalue weighted by molar-refractivity contribution is -0.0529. The highest BCUT2D eigenvalue weighted by Crippen LogP contribution is 2.53. The monoisotopic (exact) mass is 535 g/mol. The Kier molecular flexibility index (Phi) is 6.58. The van der Waals surface area contributed by atoms with Crippen LogP contribution in [0.2, 0.25) is 0 Å². The van der Waals surface area contributed by atoms with Crippen molar-refractivity contribution in [1.82, 2.24) is 0 Å². The molecule has 0 bridgehead atoms. The summed E-state index contributed by atoms with van der Waals surface area (Å²) >= 11 is 0. The van der Waals surface area contributed by atoms with Crippen molar-refractivity contribution in [1.29, 1.82) is 0 Å². The van der Waals surface area contributed by atoms with E-state index in [1.165, 1.54) is 4.90 Å². The first-order valence-electron chi connectivity index (χ1n) is 13.2. The number of halogens is 2. The molecule has 2 aliphatic heterocycles. The van der Waals surface area contributed by atoms with Crippen LogP contribution < -0.4 is 20.7 Å². The van der Waals surface area contributed by atoms with E-state index >= 15 is 8.78 Å². The standard InChI is InChI=1S/C31H35F2N3O3/c1-15-19(8-11-23-28(15)35-12-13-38-23)25-16(2)26-27-20(21(32)9-10-22(27)33)14-36(30(34)37)29(26)17(3)24(25)18(4)39-31(5,6)7/h8-11,18,35H,12-14H2,1-7H3,(H2,34,37). The van der Waals surface area contributed by atoms with Gasteiger partial charge in [-0.2, -0.15) is 0 Å². The van der Waals surface area contributed by atoms with E-state index in [0.29, 0.717) is 30.0 Å². The second-order valence-corrected chi connectivity index (χ2v) is 11.3. The first kappa shape index (κ1) is 26.9. The number of nitrogens with one attached hydrogen (secondary N) is 1. The predicted molar refractivity (Wildman–Crippen MR) is 150 cm³/mol. The molecule has 8 heteroatoms. The van der Waals surface area contributed by atoms with Crippen molar-refractivity contribution in [3.8, 4) is 28.0 Å². The van der Waals surface area contributed by atoms with E-state index in [1.807, 2.05) is 60.6 Å². The molecule has 2 heterocycles. The zero-order valence-corrected chi connectivity index (χ0v) is 23.5. The summed E-state index contributed by atoms with van der Waals surface area (Å²) < 4.78 is 43.0.